The van der Waals surface area contributed by atoms with Crippen LogP contribution in [0.2, 0.25) is 0 Å². The fourth-order valence-corrected chi connectivity index (χ4v) is 2.63. The van der Waals surface area contributed by atoms with Crippen molar-refractivity contribution in [1.29, 1.82) is 0 Å². The first kappa shape index (κ1) is 19.2. The van der Waals surface area contributed by atoms with E-state index in [0.717, 1.165) is 19.4 Å². The molecule has 0 aromatic rings. The molecule has 2 amide bonds. The van der Waals surface area contributed by atoms with Crippen molar-refractivity contribution in [3.05, 3.63) is 0 Å². The molecule has 0 bridgehead atoms. The molecule has 0 spiro atoms. The van der Waals surface area contributed by atoms with Gasteiger partial charge in [-0.2, -0.15) is 0 Å². The van der Waals surface area contributed by atoms with Crippen molar-refractivity contribution >= 4 is 24.2 Å². The number of nitrogens with one attached hydrogen (secondary N) is 1. The highest BCUT2D eigenvalue weighted by molar-refractivity contribution is 5.86. The fourth-order valence-electron chi connectivity index (χ4n) is 2.63. The highest BCUT2D eigenvalue weighted by Gasteiger charge is 2.28. The van der Waals surface area contributed by atoms with Gasteiger partial charge in [0.1, 0.15) is 0 Å². The smallest absolute Gasteiger partial charge is 0.242 e. The number of nitrogens with zero attached hydrogens (tertiary/aromatic N) is 2. The van der Waals surface area contributed by atoms with Gasteiger partial charge in [0, 0.05) is 32.1 Å². The lowest BCUT2D eigenvalue weighted by atomic mass is 9.92. The van der Waals surface area contributed by atoms with Gasteiger partial charge in [-0.05, 0) is 40.2 Å². The fraction of sp³-hybridized carbons (Fsp3) is 0.857. The lowest BCUT2D eigenvalue weighted by molar-refractivity contribution is -0.142. The molecule has 0 radical (unpaired) electrons. The minimum Gasteiger partial charge on any atom is -0.342 e. The van der Waals surface area contributed by atoms with Crippen LogP contribution in [0.4, 0.5) is 0 Å². The van der Waals surface area contributed by atoms with Gasteiger partial charge >= 0.3 is 0 Å². The third-order valence-corrected chi connectivity index (χ3v) is 3.84. The van der Waals surface area contributed by atoms with E-state index in [1.807, 2.05) is 13.8 Å². The molecule has 2 atom stereocenters. The van der Waals surface area contributed by atoms with Gasteiger partial charge < -0.3 is 15.1 Å². The second-order valence-corrected chi connectivity index (χ2v) is 5.34. The van der Waals surface area contributed by atoms with Crippen molar-refractivity contribution in [2.75, 3.05) is 33.2 Å². The van der Waals surface area contributed by atoms with E-state index in [2.05, 4.69) is 12.2 Å². The molecule has 0 saturated carbocycles. The van der Waals surface area contributed by atoms with Crippen molar-refractivity contribution in [2.45, 2.75) is 39.7 Å². The molecule has 1 heterocycles. The van der Waals surface area contributed by atoms with Crippen molar-refractivity contribution < 1.29 is 9.59 Å². The Morgan fingerprint density at radius 3 is 2.35 bits per heavy atom. The van der Waals surface area contributed by atoms with Crippen LogP contribution in [0.1, 0.15) is 33.6 Å². The third-order valence-electron chi connectivity index (χ3n) is 3.84. The summed E-state index contributed by atoms with van der Waals surface area (Å²) in [7, 11) is 1.73. The Labute approximate surface area is 128 Å². The quantitative estimate of drug-likeness (QED) is 0.828. The van der Waals surface area contributed by atoms with Gasteiger partial charge in [0.25, 0.3) is 0 Å². The number of carbonyl (C=O) groups excluding carboxylic acids is 2. The summed E-state index contributed by atoms with van der Waals surface area (Å²) in [5.74, 6) is 0.197. The van der Waals surface area contributed by atoms with Crippen LogP contribution in [0.15, 0.2) is 0 Å². The summed E-state index contributed by atoms with van der Waals surface area (Å²) in [5, 5.41) is 3.34. The van der Waals surface area contributed by atoms with E-state index in [0.29, 0.717) is 19.1 Å². The number of hydrogen-bond acceptors (Lipinski definition) is 3. The molecule has 5 nitrogen and oxygen atoms in total. The molecule has 6 heteroatoms. The van der Waals surface area contributed by atoms with Gasteiger partial charge in [0.05, 0.1) is 6.54 Å². The van der Waals surface area contributed by atoms with Gasteiger partial charge in [-0.25, -0.2) is 0 Å². The van der Waals surface area contributed by atoms with Crippen LogP contribution >= 0.6 is 12.4 Å². The van der Waals surface area contributed by atoms with Gasteiger partial charge in [0.2, 0.25) is 11.8 Å². The zero-order chi connectivity index (χ0) is 14.4. The molecule has 1 aliphatic heterocycles. The summed E-state index contributed by atoms with van der Waals surface area (Å²) in [6.07, 6.45) is 1.73. The van der Waals surface area contributed by atoms with E-state index < -0.39 is 0 Å². The van der Waals surface area contributed by atoms with Gasteiger partial charge in [-0.1, -0.05) is 0 Å². The highest BCUT2D eigenvalue weighted by atomic mass is 35.5. The average molecular weight is 306 g/mol. The summed E-state index contributed by atoms with van der Waals surface area (Å²) in [6.45, 7) is 8.48. The zero-order valence-corrected chi connectivity index (χ0v) is 13.8. The number of likely N-dealkylation sites (N-methyl/N-ethyl adjacent to an activating group) is 2. The first-order valence-corrected chi connectivity index (χ1v) is 7.25. The molecule has 118 valence electrons. The van der Waals surface area contributed by atoms with Crippen LogP contribution in [-0.4, -0.2) is 60.9 Å². The predicted octanol–water partition coefficient (Wildman–Crippen LogP) is 1.12. The standard InChI is InChI=1S/C14H27N3O2.ClH/c1-5-17(6-2)13(18)10-16(4)14(19)12-7-8-15-11(3)9-12;/h11-12,15H,5-10H2,1-4H3;1H/t11-,12-;/m0./s1. The van der Waals surface area contributed by atoms with Crippen LogP contribution in [0.25, 0.3) is 0 Å². The van der Waals surface area contributed by atoms with Crippen LogP contribution in [0.3, 0.4) is 0 Å². The molecule has 1 rings (SSSR count). The maximum Gasteiger partial charge on any atom is 0.242 e. The predicted molar refractivity (Wildman–Crippen MR) is 83.0 cm³/mol. The van der Waals surface area contributed by atoms with E-state index in [9.17, 15) is 9.59 Å². The van der Waals surface area contributed by atoms with E-state index in [-0.39, 0.29) is 36.7 Å². The minimum atomic E-state index is 0. The zero-order valence-electron chi connectivity index (χ0n) is 13.0. The maximum absolute atomic E-state index is 12.3. The first-order chi connectivity index (χ1) is 8.99. The Balaban J connectivity index is 0.00000361. The van der Waals surface area contributed by atoms with E-state index >= 15 is 0 Å². The van der Waals surface area contributed by atoms with E-state index in [1.54, 1.807) is 16.8 Å². The normalized spacial score (nSPS) is 21.8. The van der Waals surface area contributed by atoms with E-state index in [1.165, 1.54) is 0 Å². The topological polar surface area (TPSA) is 52.7 Å². The number of halogens is 1. The minimum absolute atomic E-state index is 0. The monoisotopic (exact) mass is 305 g/mol. The number of amides is 2. The average Bonchev–Trinajstić information content (AvgIpc) is 2.39. The van der Waals surface area contributed by atoms with Gasteiger partial charge in [-0.3, -0.25) is 9.59 Å². The second-order valence-electron chi connectivity index (χ2n) is 5.34. The van der Waals surface area contributed by atoms with Gasteiger partial charge in [-0.15, -0.1) is 12.4 Å². The van der Waals surface area contributed by atoms with Crippen LogP contribution in [0, 0.1) is 5.92 Å². The molecular formula is C14H28ClN3O2. The molecular weight excluding hydrogens is 278 g/mol. The van der Waals surface area contributed by atoms with E-state index in [4.69, 9.17) is 0 Å². The summed E-state index contributed by atoms with van der Waals surface area (Å²) in [5.41, 5.74) is 0. The lowest BCUT2D eigenvalue weighted by Gasteiger charge is -2.31. The Bertz CT molecular complexity index is 322. The molecule has 0 aromatic carbocycles. The Morgan fingerprint density at radius 1 is 1.25 bits per heavy atom. The van der Waals surface area contributed by atoms with Crippen LogP contribution < -0.4 is 5.32 Å². The van der Waals surface area contributed by atoms with Crippen LogP contribution in [0.5, 0.6) is 0 Å². The van der Waals surface area contributed by atoms with Crippen molar-refractivity contribution in [3.8, 4) is 0 Å². The second kappa shape index (κ2) is 9.19. The van der Waals surface area contributed by atoms with Crippen molar-refractivity contribution in [1.82, 2.24) is 15.1 Å². The molecule has 1 aliphatic rings. The number of rotatable bonds is 5. The molecule has 0 aliphatic carbocycles. The first-order valence-electron chi connectivity index (χ1n) is 7.25. The largest absolute Gasteiger partial charge is 0.342 e. The summed E-state index contributed by atoms with van der Waals surface area (Å²) >= 11 is 0. The summed E-state index contributed by atoms with van der Waals surface area (Å²) in [6, 6.07) is 0.384. The Hall–Kier alpha value is -0.810. The number of carbonyl (C=O) groups is 2. The third kappa shape index (κ3) is 5.29. The molecule has 0 unspecified atom stereocenters. The molecule has 1 fully saturated rings. The molecule has 20 heavy (non-hydrogen) atoms. The van der Waals surface area contributed by atoms with Gasteiger partial charge in [0.15, 0.2) is 0 Å². The SMILES string of the molecule is CCN(CC)C(=O)CN(C)C(=O)[C@H]1CCN[C@@H](C)C1.Cl. The Kier molecular flexibility index (Phi) is 8.81. The number of piperidine rings is 1. The highest BCUT2D eigenvalue weighted by Crippen LogP contribution is 2.18. The van der Waals surface area contributed by atoms with Crippen LogP contribution in [-0.2, 0) is 9.59 Å². The summed E-state index contributed by atoms with van der Waals surface area (Å²) < 4.78 is 0. The molecule has 0 aromatic heterocycles. The van der Waals surface area contributed by atoms with Crippen molar-refractivity contribution in [3.63, 3.8) is 0 Å². The maximum atomic E-state index is 12.3. The lowest BCUT2D eigenvalue weighted by Crippen LogP contribution is -2.46. The molecule has 1 N–H and O–H groups in total. The molecule has 1 saturated heterocycles. The van der Waals surface area contributed by atoms with Crippen molar-refractivity contribution in [2.24, 2.45) is 5.92 Å². The summed E-state index contributed by atoms with van der Waals surface area (Å²) in [4.78, 5) is 27.6. The number of hydrogen-bond donors (Lipinski definition) is 1. The Morgan fingerprint density at radius 2 is 1.85 bits per heavy atom.